The summed E-state index contributed by atoms with van der Waals surface area (Å²) in [7, 11) is 1.67. The van der Waals surface area contributed by atoms with E-state index in [9.17, 15) is 5.11 Å². The highest BCUT2D eigenvalue weighted by Crippen LogP contribution is 2.43. The van der Waals surface area contributed by atoms with E-state index >= 15 is 0 Å². The van der Waals surface area contributed by atoms with Crippen molar-refractivity contribution in [2.24, 2.45) is 0 Å². The van der Waals surface area contributed by atoms with Gasteiger partial charge in [-0.3, -0.25) is 0 Å². The summed E-state index contributed by atoms with van der Waals surface area (Å²) in [5.74, 6) is 0. The molecule has 0 radical (unpaired) electrons. The summed E-state index contributed by atoms with van der Waals surface area (Å²) < 4.78 is 13.3. The number of hydrogen-bond acceptors (Lipinski definition) is 5. The number of anilines is 1. The molecule has 2 N–H and O–H groups in total. The van der Waals surface area contributed by atoms with Crippen LogP contribution in [-0.2, 0) is 16.1 Å². The molecule has 6 heteroatoms. The maximum absolute atomic E-state index is 11.0. The smallest absolute Gasteiger partial charge is 0.161 e. The molecule has 4 rings (SSSR count). The van der Waals surface area contributed by atoms with E-state index in [2.05, 4.69) is 9.72 Å². The number of hydrogen-bond donors (Lipinski definition) is 2. The van der Waals surface area contributed by atoms with Gasteiger partial charge in [0.25, 0.3) is 0 Å². The minimum atomic E-state index is -0.697. The lowest BCUT2D eigenvalue weighted by Crippen LogP contribution is -2.37. The molecule has 1 aromatic carbocycles. The molecule has 3 heterocycles. The fourth-order valence-corrected chi connectivity index (χ4v) is 3.85. The van der Waals surface area contributed by atoms with Gasteiger partial charge in [-0.15, -0.1) is 0 Å². The predicted octanol–water partition coefficient (Wildman–Crippen LogP) is 3.39. The number of ether oxygens (including phenoxy) is 2. The second-order valence-corrected chi connectivity index (χ2v) is 6.82. The van der Waals surface area contributed by atoms with E-state index in [1.54, 1.807) is 7.11 Å². The zero-order chi connectivity index (χ0) is 19.0. The summed E-state index contributed by atoms with van der Waals surface area (Å²) in [6.45, 7) is 4.96. The van der Waals surface area contributed by atoms with Gasteiger partial charge < -0.3 is 24.3 Å². The van der Waals surface area contributed by atoms with E-state index in [0.717, 1.165) is 33.8 Å². The van der Waals surface area contributed by atoms with Gasteiger partial charge in [0, 0.05) is 31.2 Å². The lowest BCUT2D eigenvalue weighted by atomic mass is 9.89. The van der Waals surface area contributed by atoms with Crippen LogP contribution in [0.2, 0.25) is 0 Å². The van der Waals surface area contributed by atoms with Crippen LogP contribution in [0.25, 0.3) is 5.65 Å². The number of methoxy groups -OCH3 is 1. The SMILES string of the molecule is CCO[C@H]1c2ccn3c(C)c(COC)nc3c2N[C@H](c2ccccc2)[C@H]1O. The summed E-state index contributed by atoms with van der Waals surface area (Å²) in [6, 6.07) is 11.7. The molecule has 3 atom stereocenters. The molecule has 2 aromatic heterocycles. The Morgan fingerprint density at radius 3 is 2.70 bits per heavy atom. The number of pyridine rings is 1. The summed E-state index contributed by atoms with van der Waals surface area (Å²) in [6.07, 6.45) is 0.875. The zero-order valence-electron chi connectivity index (χ0n) is 15.8. The summed E-state index contributed by atoms with van der Waals surface area (Å²) in [5, 5.41) is 14.6. The van der Waals surface area contributed by atoms with Gasteiger partial charge in [0.05, 0.1) is 24.0 Å². The monoisotopic (exact) mass is 367 g/mol. The van der Waals surface area contributed by atoms with Crippen molar-refractivity contribution in [3.05, 3.63) is 65.1 Å². The highest BCUT2D eigenvalue weighted by atomic mass is 16.5. The van der Waals surface area contributed by atoms with Gasteiger partial charge >= 0.3 is 0 Å². The van der Waals surface area contributed by atoms with E-state index < -0.39 is 12.2 Å². The summed E-state index contributed by atoms with van der Waals surface area (Å²) in [4.78, 5) is 4.80. The van der Waals surface area contributed by atoms with E-state index in [1.807, 2.05) is 56.4 Å². The molecule has 0 saturated carbocycles. The van der Waals surface area contributed by atoms with Gasteiger partial charge in [0.1, 0.15) is 12.2 Å². The van der Waals surface area contributed by atoms with Gasteiger partial charge in [-0.1, -0.05) is 30.3 Å². The molecule has 0 fully saturated rings. The Bertz CT molecular complexity index is 939. The molecule has 0 bridgehead atoms. The lowest BCUT2D eigenvalue weighted by molar-refractivity contribution is -0.0462. The second-order valence-electron chi connectivity index (χ2n) is 6.82. The van der Waals surface area contributed by atoms with Gasteiger partial charge in [-0.25, -0.2) is 4.98 Å². The summed E-state index contributed by atoms with van der Waals surface area (Å²) >= 11 is 0. The fourth-order valence-electron chi connectivity index (χ4n) is 3.85. The Kier molecular flexibility index (Phi) is 4.86. The van der Waals surface area contributed by atoms with Crippen molar-refractivity contribution in [3.63, 3.8) is 0 Å². The first-order valence-electron chi connectivity index (χ1n) is 9.26. The van der Waals surface area contributed by atoms with E-state index in [-0.39, 0.29) is 6.04 Å². The Hall–Kier alpha value is -2.41. The molecule has 142 valence electrons. The van der Waals surface area contributed by atoms with Crippen LogP contribution < -0.4 is 5.32 Å². The third kappa shape index (κ3) is 3.00. The van der Waals surface area contributed by atoms with Gasteiger partial charge in [-0.2, -0.15) is 0 Å². The van der Waals surface area contributed by atoms with Crippen molar-refractivity contribution in [2.45, 2.75) is 38.7 Å². The average molecular weight is 367 g/mol. The molecular weight excluding hydrogens is 342 g/mol. The molecule has 0 unspecified atom stereocenters. The number of aliphatic hydroxyl groups is 1. The van der Waals surface area contributed by atoms with Crippen LogP contribution in [0.5, 0.6) is 0 Å². The standard InChI is InChI=1S/C21H25N3O3/c1-4-27-20-15-10-11-24-13(2)16(12-26-3)22-21(24)18(15)23-17(19(20)25)14-8-6-5-7-9-14/h5-11,17,19-20,23,25H,4,12H2,1-3H3/t17-,19-,20+/m1/s1. The number of aryl methyl sites for hydroxylation is 1. The topological polar surface area (TPSA) is 68.0 Å². The van der Waals surface area contributed by atoms with Crippen LogP contribution in [-0.4, -0.2) is 34.3 Å². The molecule has 0 amide bonds. The lowest BCUT2D eigenvalue weighted by Gasteiger charge is -2.37. The number of nitrogens with zero attached hydrogens (tertiary/aromatic N) is 2. The molecule has 0 saturated heterocycles. The zero-order valence-corrected chi connectivity index (χ0v) is 15.8. The summed E-state index contributed by atoms with van der Waals surface area (Å²) in [5.41, 5.74) is 5.63. The van der Waals surface area contributed by atoms with Crippen LogP contribution in [0.3, 0.4) is 0 Å². The number of aliphatic hydroxyl groups excluding tert-OH is 1. The molecule has 1 aliphatic rings. The average Bonchev–Trinajstić information content (AvgIpc) is 3.01. The van der Waals surface area contributed by atoms with Gasteiger partial charge in [-0.05, 0) is 25.5 Å². The van der Waals surface area contributed by atoms with Crippen LogP contribution in [0.15, 0.2) is 42.6 Å². The minimum Gasteiger partial charge on any atom is -0.388 e. The van der Waals surface area contributed by atoms with E-state index in [0.29, 0.717) is 13.2 Å². The van der Waals surface area contributed by atoms with E-state index in [1.165, 1.54) is 0 Å². The fraction of sp³-hybridized carbons (Fsp3) is 0.381. The van der Waals surface area contributed by atoms with Crippen molar-refractivity contribution in [3.8, 4) is 0 Å². The first-order chi connectivity index (χ1) is 13.2. The molecule has 27 heavy (non-hydrogen) atoms. The molecular formula is C21H25N3O3. The third-order valence-electron chi connectivity index (χ3n) is 5.21. The van der Waals surface area contributed by atoms with Crippen molar-refractivity contribution >= 4 is 11.3 Å². The number of benzene rings is 1. The largest absolute Gasteiger partial charge is 0.388 e. The van der Waals surface area contributed by atoms with Crippen molar-refractivity contribution < 1.29 is 14.6 Å². The molecule has 0 spiro atoms. The second kappa shape index (κ2) is 7.31. The number of nitrogens with one attached hydrogen (secondary N) is 1. The number of fused-ring (bicyclic) bond motifs is 3. The molecule has 0 aliphatic carbocycles. The van der Waals surface area contributed by atoms with E-state index in [4.69, 9.17) is 14.5 Å². The maximum atomic E-state index is 11.0. The normalized spacial score (nSPS) is 21.9. The molecule has 6 nitrogen and oxygen atoms in total. The van der Waals surface area contributed by atoms with Crippen LogP contribution in [0, 0.1) is 6.92 Å². The molecule has 1 aliphatic heterocycles. The first-order valence-corrected chi connectivity index (χ1v) is 9.26. The molecule has 3 aromatic rings. The Morgan fingerprint density at radius 2 is 2.00 bits per heavy atom. The minimum absolute atomic E-state index is 0.274. The van der Waals surface area contributed by atoms with Crippen molar-refractivity contribution in [2.75, 3.05) is 19.0 Å². The van der Waals surface area contributed by atoms with Crippen molar-refractivity contribution in [1.29, 1.82) is 0 Å². The van der Waals surface area contributed by atoms with Crippen LogP contribution in [0.4, 0.5) is 5.69 Å². The first kappa shape index (κ1) is 18.0. The number of rotatable bonds is 5. The van der Waals surface area contributed by atoms with Crippen LogP contribution >= 0.6 is 0 Å². The van der Waals surface area contributed by atoms with Crippen LogP contribution in [0.1, 0.15) is 41.6 Å². The van der Waals surface area contributed by atoms with Crippen molar-refractivity contribution in [1.82, 2.24) is 9.38 Å². The predicted molar refractivity (Wildman–Crippen MR) is 104 cm³/mol. The Balaban J connectivity index is 1.88. The maximum Gasteiger partial charge on any atom is 0.161 e. The highest BCUT2D eigenvalue weighted by Gasteiger charge is 2.38. The Morgan fingerprint density at radius 1 is 1.22 bits per heavy atom. The van der Waals surface area contributed by atoms with Gasteiger partial charge in [0.15, 0.2) is 5.65 Å². The number of imidazole rings is 1. The van der Waals surface area contributed by atoms with Gasteiger partial charge in [0.2, 0.25) is 0 Å². The quantitative estimate of drug-likeness (QED) is 0.723. The Labute approximate surface area is 158 Å². The third-order valence-corrected chi connectivity index (χ3v) is 5.21. The highest BCUT2D eigenvalue weighted by molar-refractivity contribution is 5.75. The number of aromatic nitrogens is 2.